The average Bonchev–Trinajstić information content (AvgIpc) is 2.02. The minimum Gasteiger partial charge on any atom is -0.507 e. The fraction of sp³-hybridized carbons (Fsp3) is 0.364. The Morgan fingerprint density at radius 2 is 1.93 bits per heavy atom. The number of carbonyl (C=O) groups is 1. The summed E-state index contributed by atoms with van der Waals surface area (Å²) >= 11 is 5.97. The van der Waals surface area contributed by atoms with E-state index in [9.17, 15) is 9.90 Å². The first-order valence-corrected chi connectivity index (χ1v) is 4.72. The van der Waals surface area contributed by atoms with Crippen molar-refractivity contribution < 1.29 is 9.90 Å². The third kappa shape index (κ3) is 2.07. The Morgan fingerprint density at radius 3 is 2.36 bits per heavy atom. The zero-order chi connectivity index (χ0) is 10.9. The van der Waals surface area contributed by atoms with Gasteiger partial charge in [-0.2, -0.15) is 0 Å². The highest BCUT2D eigenvalue weighted by Gasteiger charge is 2.19. The van der Waals surface area contributed by atoms with Crippen LogP contribution in [0.3, 0.4) is 0 Å². The zero-order valence-electron chi connectivity index (χ0n) is 8.47. The van der Waals surface area contributed by atoms with Crippen molar-refractivity contribution in [2.75, 3.05) is 0 Å². The molecule has 0 aromatic heterocycles. The molecule has 0 heterocycles. The molecule has 76 valence electrons. The molecular weight excluding hydrogens is 200 g/mol. The lowest BCUT2D eigenvalue weighted by molar-refractivity contribution is 0.112. The predicted octanol–water partition coefficient (Wildman–Crippen LogP) is 3.16. The number of rotatable bonds is 1. The number of phenolic OH excluding ortho intramolecular Hbond substituents is 1. The highest BCUT2D eigenvalue weighted by Crippen LogP contribution is 2.33. The summed E-state index contributed by atoms with van der Waals surface area (Å²) in [7, 11) is 0. The summed E-state index contributed by atoms with van der Waals surface area (Å²) in [6.07, 6.45) is 0.626. The molecule has 0 aliphatic carbocycles. The minimum atomic E-state index is -0.136. The van der Waals surface area contributed by atoms with E-state index >= 15 is 0 Å². The molecule has 1 aromatic rings. The van der Waals surface area contributed by atoms with Crippen molar-refractivity contribution in [3.05, 3.63) is 28.3 Å². The summed E-state index contributed by atoms with van der Waals surface area (Å²) < 4.78 is 0. The van der Waals surface area contributed by atoms with Crippen LogP contribution < -0.4 is 0 Å². The molecule has 0 spiro atoms. The number of aldehydes is 1. The fourth-order valence-corrected chi connectivity index (χ4v) is 1.69. The van der Waals surface area contributed by atoms with E-state index < -0.39 is 0 Å². The Labute approximate surface area is 88.5 Å². The van der Waals surface area contributed by atoms with Crippen molar-refractivity contribution in [1.29, 1.82) is 0 Å². The van der Waals surface area contributed by atoms with Crippen molar-refractivity contribution in [3.8, 4) is 5.75 Å². The first-order chi connectivity index (χ1) is 6.36. The van der Waals surface area contributed by atoms with Crippen LogP contribution in [0, 0.1) is 0 Å². The maximum Gasteiger partial charge on any atom is 0.153 e. The van der Waals surface area contributed by atoms with E-state index in [0.29, 0.717) is 11.3 Å². The van der Waals surface area contributed by atoms with E-state index in [0.717, 1.165) is 5.56 Å². The van der Waals surface area contributed by atoms with Gasteiger partial charge in [-0.1, -0.05) is 32.4 Å². The van der Waals surface area contributed by atoms with Crippen molar-refractivity contribution in [2.24, 2.45) is 0 Å². The Bertz CT molecular complexity index is 364. The highest BCUT2D eigenvalue weighted by molar-refractivity contribution is 6.31. The number of benzene rings is 1. The van der Waals surface area contributed by atoms with Crippen molar-refractivity contribution in [1.82, 2.24) is 0 Å². The molecule has 1 N–H and O–H groups in total. The van der Waals surface area contributed by atoms with Crippen molar-refractivity contribution >= 4 is 17.9 Å². The second kappa shape index (κ2) is 3.62. The zero-order valence-corrected chi connectivity index (χ0v) is 9.22. The molecule has 0 fully saturated rings. The topological polar surface area (TPSA) is 37.3 Å². The average molecular weight is 213 g/mol. The van der Waals surface area contributed by atoms with E-state index in [2.05, 4.69) is 0 Å². The van der Waals surface area contributed by atoms with Gasteiger partial charge in [0.15, 0.2) is 6.29 Å². The van der Waals surface area contributed by atoms with E-state index in [1.807, 2.05) is 20.8 Å². The lowest BCUT2D eigenvalue weighted by atomic mass is 9.86. The third-order valence-electron chi connectivity index (χ3n) is 2.05. The number of hydrogen-bond acceptors (Lipinski definition) is 2. The summed E-state index contributed by atoms with van der Waals surface area (Å²) in [6, 6.07) is 3.04. The van der Waals surface area contributed by atoms with Gasteiger partial charge >= 0.3 is 0 Å². The molecule has 0 unspecified atom stereocenters. The summed E-state index contributed by atoms with van der Waals surface area (Å²) in [6.45, 7) is 6.00. The number of halogens is 1. The van der Waals surface area contributed by atoms with Crippen LogP contribution in [0.25, 0.3) is 0 Å². The molecule has 3 heteroatoms. The largest absolute Gasteiger partial charge is 0.507 e. The molecule has 2 nitrogen and oxygen atoms in total. The van der Waals surface area contributed by atoms with Gasteiger partial charge in [-0.25, -0.2) is 0 Å². The number of hydrogen-bond donors (Lipinski definition) is 1. The van der Waals surface area contributed by atoms with Gasteiger partial charge < -0.3 is 5.11 Å². The lowest BCUT2D eigenvalue weighted by Gasteiger charge is -2.21. The molecule has 1 aromatic carbocycles. The van der Waals surface area contributed by atoms with Crippen molar-refractivity contribution in [3.63, 3.8) is 0 Å². The normalized spacial score (nSPS) is 11.4. The Morgan fingerprint density at radius 1 is 1.36 bits per heavy atom. The molecule has 0 bridgehead atoms. The van der Waals surface area contributed by atoms with Gasteiger partial charge in [-0.15, -0.1) is 0 Å². The molecule has 0 aliphatic heterocycles. The van der Waals surface area contributed by atoms with Crippen LogP contribution >= 0.6 is 11.6 Å². The van der Waals surface area contributed by atoms with Crippen LogP contribution in [0.2, 0.25) is 5.02 Å². The first kappa shape index (κ1) is 11.1. The second-order valence-corrected chi connectivity index (χ2v) is 4.67. The molecule has 0 amide bonds. The van der Waals surface area contributed by atoms with Gasteiger partial charge in [0.05, 0.1) is 5.56 Å². The number of aromatic hydroxyl groups is 1. The summed E-state index contributed by atoms with van der Waals surface area (Å²) in [5.41, 5.74) is 1.00. The van der Waals surface area contributed by atoms with E-state index in [-0.39, 0.29) is 16.7 Å². The smallest absolute Gasteiger partial charge is 0.153 e. The molecule has 0 aliphatic rings. The fourth-order valence-electron chi connectivity index (χ4n) is 1.25. The van der Waals surface area contributed by atoms with E-state index in [4.69, 9.17) is 11.6 Å². The van der Waals surface area contributed by atoms with Gasteiger partial charge in [0, 0.05) is 5.02 Å². The predicted molar refractivity (Wildman–Crippen MR) is 57.2 cm³/mol. The third-order valence-corrected chi connectivity index (χ3v) is 2.36. The molecular formula is C11H13ClO2. The van der Waals surface area contributed by atoms with Crippen molar-refractivity contribution in [2.45, 2.75) is 26.2 Å². The molecule has 1 rings (SSSR count). The maximum absolute atomic E-state index is 10.6. The second-order valence-electron chi connectivity index (χ2n) is 4.26. The maximum atomic E-state index is 10.6. The molecule has 0 radical (unpaired) electrons. The monoisotopic (exact) mass is 212 g/mol. The van der Waals surface area contributed by atoms with E-state index in [1.54, 1.807) is 6.07 Å². The van der Waals surface area contributed by atoms with Crippen LogP contribution in [0.15, 0.2) is 12.1 Å². The molecule has 0 atom stereocenters. The number of carbonyl (C=O) groups excluding carboxylic acids is 1. The van der Waals surface area contributed by atoms with Gasteiger partial charge in [-0.3, -0.25) is 4.79 Å². The van der Waals surface area contributed by atoms with Crippen LogP contribution in [0.5, 0.6) is 5.75 Å². The number of phenols is 1. The van der Waals surface area contributed by atoms with Crippen LogP contribution in [0.1, 0.15) is 36.7 Å². The van der Waals surface area contributed by atoms with Gasteiger partial charge in [0.2, 0.25) is 0 Å². The summed E-state index contributed by atoms with van der Waals surface area (Å²) in [4.78, 5) is 10.6. The minimum absolute atomic E-state index is 0.0713. The standard InChI is InChI=1S/C11H13ClO2/c1-11(2,3)8-4-7(6-13)10(14)5-9(8)12/h4-6,14H,1-3H3. The Kier molecular flexibility index (Phi) is 2.86. The quantitative estimate of drug-likeness (QED) is 0.727. The Balaban J connectivity index is 3.39. The van der Waals surface area contributed by atoms with Gasteiger partial charge in [0.1, 0.15) is 5.75 Å². The van der Waals surface area contributed by atoms with Gasteiger partial charge in [-0.05, 0) is 23.1 Å². The molecule has 0 saturated heterocycles. The van der Waals surface area contributed by atoms with Gasteiger partial charge in [0.25, 0.3) is 0 Å². The van der Waals surface area contributed by atoms with Crippen LogP contribution in [-0.2, 0) is 5.41 Å². The van der Waals surface area contributed by atoms with Crippen LogP contribution in [-0.4, -0.2) is 11.4 Å². The SMILES string of the molecule is CC(C)(C)c1cc(C=O)c(O)cc1Cl. The highest BCUT2D eigenvalue weighted by atomic mass is 35.5. The Hall–Kier alpha value is -1.02. The summed E-state index contributed by atoms with van der Waals surface area (Å²) in [5.74, 6) is -0.0713. The van der Waals surface area contributed by atoms with E-state index in [1.165, 1.54) is 6.07 Å². The molecule has 0 saturated carbocycles. The van der Waals surface area contributed by atoms with Crippen LogP contribution in [0.4, 0.5) is 0 Å². The molecule has 14 heavy (non-hydrogen) atoms. The first-order valence-electron chi connectivity index (χ1n) is 4.34. The lowest BCUT2D eigenvalue weighted by Crippen LogP contribution is -2.12. The summed E-state index contributed by atoms with van der Waals surface area (Å²) in [5, 5.41) is 9.85.